The molecule has 1 unspecified atom stereocenters. The third kappa shape index (κ3) is 5.34. The van der Waals surface area contributed by atoms with Gasteiger partial charge in [0.1, 0.15) is 0 Å². The first-order valence-corrected chi connectivity index (χ1v) is 8.58. The molecule has 1 aromatic rings. The quantitative estimate of drug-likeness (QED) is 0.646. The van der Waals surface area contributed by atoms with Crippen LogP contribution in [0, 0.1) is 19.3 Å². The lowest BCUT2D eigenvalue weighted by molar-refractivity contribution is -0.149. The molecule has 0 saturated heterocycles. The van der Waals surface area contributed by atoms with Crippen LogP contribution >= 0.6 is 0 Å². The number of nitrogens with one attached hydrogen (secondary N) is 2. The van der Waals surface area contributed by atoms with E-state index in [0.717, 1.165) is 16.8 Å². The summed E-state index contributed by atoms with van der Waals surface area (Å²) >= 11 is 0. The fourth-order valence-corrected chi connectivity index (χ4v) is 2.75. The van der Waals surface area contributed by atoms with Gasteiger partial charge in [-0.1, -0.05) is 31.5 Å². The molecule has 0 heterocycles. The zero-order chi connectivity index (χ0) is 18.3. The first kappa shape index (κ1) is 20.2. The van der Waals surface area contributed by atoms with Crippen molar-refractivity contribution in [3.63, 3.8) is 0 Å². The number of hydrogen-bond donors (Lipinski definition) is 3. The summed E-state index contributed by atoms with van der Waals surface area (Å²) in [6.07, 6.45) is 1.43. The van der Waals surface area contributed by atoms with Crippen molar-refractivity contribution in [2.24, 2.45) is 5.41 Å². The molecule has 0 fully saturated rings. The Morgan fingerprint density at radius 1 is 1.21 bits per heavy atom. The molecule has 0 aliphatic heterocycles. The van der Waals surface area contributed by atoms with Gasteiger partial charge in [0.15, 0.2) is 0 Å². The van der Waals surface area contributed by atoms with Gasteiger partial charge in [-0.15, -0.1) is 0 Å². The Morgan fingerprint density at radius 3 is 2.33 bits per heavy atom. The number of carbonyl (C=O) groups excluding carboxylic acids is 1. The minimum atomic E-state index is -0.785. The highest BCUT2D eigenvalue weighted by atomic mass is 16.4. The molecule has 0 radical (unpaired) electrons. The molecule has 3 N–H and O–H groups in total. The number of benzene rings is 1. The van der Waals surface area contributed by atoms with E-state index in [1.54, 1.807) is 0 Å². The molecule has 134 valence electrons. The lowest BCUT2D eigenvalue weighted by Gasteiger charge is -2.28. The van der Waals surface area contributed by atoms with Crippen molar-refractivity contribution < 1.29 is 14.7 Å². The van der Waals surface area contributed by atoms with E-state index in [0.29, 0.717) is 25.8 Å². The van der Waals surface area contributed by atoms with Crippen molar-refractivity contribution in [2.75, 3.05) is 11.9 Å². The van der Waals surface area contributed by atoms with Crippen LogP contribution in [-0.2, 0) is 9.59 Å². The van der Waals surface area contributed by atoms with Gasteiger partial charge in [-0.25, -0.2) is 0 Å². The Balaban J connectivity index is 2.56. The van der Waals surface area contributed by atoms with Crippen LogP contribution in [0.2, 0.25) is 0 Å². The second kappa shape index (κ2) is 8.83. The number of rotatable bonds is 9. The third-order valence-electron chi connectivity index (χ3n) is 4.74. The average Bonchev–Trinajstić information content (AvgIpc) is 2.51. The van der Waals surface area contributed by atoms with Gasteiger partial charge >= 0.3 is 5.97 Å². The summed E-state index contributed by atoms with van der Waals surface area (Å²) in [5.41, 5.74) is 2.24. The molecule has 5 heteroatoms. The van der Waals surface area contributed by atoms with Crippen LogP contribution in [-0.4, -0.2) is 29.6 Å². The van der Waals surface area contributed by atoms with E-state index in [1.165, 1.54) is 0 Å². The molecule has 1 atom stereocenters. The molecule has 1 rings (SSSR count). The lowest BCUT2D eigenvalue weighted by atomic mass is 9.82. The topological polar surface area (TPSA) is 78.4 Å². The van der Waals surface area contributed by atoms with Crippen LogP contribution in [0.15, 0.2) is 18.2 Å². The molecule has 1 aromatic carbocycles. The fraction of sp³-hybridized carbons (Fsp3) is 0.579. The predicted molar refractivity (Wildman–Crippen MR) is 97.3 cm³/mol. The fourth-order valence-electron chi connectivity index (χ4n) is 2.75. The first-order valence-electron chi connectivity index (χ1n) is 8.58. The van der Waals surface area contributed by atoms with E-state index in [4.69, 9.17) is 0 Å². The van der Waals surface area contributed by atoms with Crippen LogP contribution in [0.3, 0.4) is 0 Å². The molecule has 0 aliphatic rings. The molecule has 0 bridgehead atoms. The maximum atomic E-state index is 12.2. The minimum absolute atomic E-state index is 0.0733. The van der Waals surface area contributed by atoms with E-state index in [1.807, 2.05) is 52.8 Å². The number of carbonyl (C=O) groups is 2. The summed E-state index contributed by atoms with van der Waals surface area (Å²) in [6.45, 7) is 10.0. The van der Waals surface area contributed by atoms with E-state index in [-0.39, 0.29) is 11.9 Å². The van der Waals surface area contributed by atoms with E-state index in [2.05, 4.69) is 10.6 Å². The summed E-state index contributed by atoms with van der Waals surface area (Å²) in [6, 6.07) is 5.81. The van der Waals surface area contributed by atoms with Crippen LogP contribution in [0.4, 0.5) is 5.69 Å². The number of amides is 1. The third-order valence-corrected chi connectivity index (χ3v) is 4.74. The van der Waals surface area contributed by atoms with Crippen molar-refractivity contribution in [1.82, 2.24) is 5.32 Å². The van der Waals surface area contributed by atoms with Crippen molar-refractivity contribution >= 4 is 17.6 Å². The molecule has 0 spiro atoms. The Morgan fingerprint density at radius 2 is 1.83 bits per heavy atom. The molecule has 0 saturated carbocycles. The molecular weight excluding hydrogens is 304 g/mol. The molecule has 0 aliphatic carbocycles. The van der Waals surface area contributed by atoms with Gasteiger partial charge < -0.3 is 15.7 Å². The highest BCUT2D eigenvalue weighted by molar-refractivity contribution is 5.91. The second-order valence-electron chi connectivity index (χ2n) is 6.65. The van der Waals surface area contributed by atoms with Crippen molar-refractivity contribution in [2.45, 2.75) is 59.9 Å². The number of anilines is 1. The summed E-state index contributed by atoms with van der Waals surface area (Å²) < 4.78 is 0. The SMILES string of the molecule is CCC(CC)(CNC(C)CC(=O)Nc1ccc(C)cc1C)C(=O)O. The highest BCUT2D eigenvalue weighted by Crippen LogP contribution is 2.26. The first-order chi connectivity index (χ1) is 11.2. The van der Waals surface area contributed by atoms with Gasteiger partial charge in [0.2, 0.25) is 5.91 Å². The van der Waals surface area contributed by atoms with Gasteiger partial charge in [0.25, 0.3) is 0 Å². The second-order valence-corrected chi connectivity index (χ2v) is 6.65. The largest absolute Gasteiger partial charge is 0.481 e. The maximum absolute atomic E-state index is 12.2. The maximum Gasteiger partial charge on any atom is 0.310 e. The van der Waals surface area contributed by atoms with Gasteiger partial charge in [-0.05, 0) is 45.2 Å². The summed E-state index contributed by atoms with van der Waals surface area (Å²) in [4.78, 5) is 23.7. The van der Waals surface area contributed by atoms with Crippen LogP contribution in [0.1, 0.15) is 51.2 Å². The zero-order valence-corrected chi connectivity index (χ0v) is 15.4. The highest BCUT2D eigenvalue weighted by Gasteiger charge is 2.34. The summed E-state index contributed by atoms with van der Waals surface area (Å²) in [5, 5.41) is 15.6. The zero-order valence-electron chi connectivity index (χ0n) is 15.4. The van der Waals surface area contributed by atoms with Crippen molar-refractivity contribution in [1.29, 1.82) is 0 Å². The van der Waals surface area contributed by atoms with E-state index < -0.39 is 11.4 Å². The van der Waals surface area contributed by atoms with Gasteiger partial charge in [-0.2, -0.15) is 0 Å². The molecule has 1 amide bonds. The van der Waals surface area contributed by atoms with Gasteiger partial charge in [0, 0.05) is 24.7 Å². The normalized spacial score (nSPS) is 12.7. The molecule has 0 aromatic heterocycles. The van der Waals surface area contributed by atoms with Crippen molar-refractivity contribution in [3.05, 3.63) is 29.3 Å². The van der Waals surface area contributed by atoms with Gasteiger partial charge in [-0.3, -0.25) is 9.59 Å². The predicted octanol–water partition coefficient (Wildman–Crippen LogP) is 3.50. The van der Waals surface area contributed by atoms with Crippen LogP contribution in [0.5, 0.6) is 0 Å². The summed E-state index contributed by atoms with van der Waals surface area (Å²) in [5.74, 6) is -0.859. The number of aliphatic carboxylic acids is 1. The monoisotopic (exact) mass is 334 g/mol. The number of carboxylic acid groups (broad SMARTS) is 1. The van der Waals surface area contributed by atoms with Crippen LogP contribution < -0.4 is 10.6 Å². The van der Waals surface area contributed by atoms with E-state index in [9.17, 15) is 14.7 Å². The summed E-state index contributed by atoms with van der Waals surface area (Å²) in [7, 11) is 0. The number of hydrogen-bond acceptors (Lipinski definition) is 3. The van der Waals surface area contributed by atoms with Gasteiger partial charge in [0.05, 0.1) is 5.41 Å². The molecule has 24 heavy (non-hydrogen) atoms. The Bertz CT molecular complexity index is 580. The van der Waals surface area contributed by atoms with Crippen molar-refractivity contribution in [3.8, 4) is 0 Å². The Kier molecular flexibility index (Phi) is 7.42. The smallest absolute Gasteiger partial charge is 0.310 e. The van der Waals surface area contributed by atoms with E-state index >= 15 is 0 Å². The average molecular weight is 334 g/mol. The standard InChI is InChI=1S/C19H30N2O3/c1-6-19(7-2,18(23)24)12-20-15(5)11-17(22)21-16-9-8-13(3)10-14(16)4/h8-10,15,20H,6-7,11-12H2,1-5H3,(H,21,22)(H,23,24). The molecular formula is C19H30N2O3. The minimum Gasteiger partial charge on any atom is -0.481 e. The lowest BCUT2D eigenvalue weighted by Crippen LogP contribution is -2.44. The van der Waals surface area contributed by atoms with Crippen LogP contribution in [0.25, 0.3) is 0 Å². The Hall–Kier alpha value is -1.88. The Labute approximate surface area is 144 Å². The molecule has 5 nitrogen and oxygen atoms in total. The number of aryl methyl sites for hydroxylation is 2. The number of carboxylic acids is 1.